The van der Waals surface area contributed by atoms with E-state index in [1.54, 1.807) is 12.1 Å². The number of nitrogens with zero attached hydrogens (tertiary/aromatic N) is 2. The molecule has 110 valence electrons. The van der Waals surface area contributed by atoms with Gasteiger partial charge in [-0.1, -0.05) is 41.9 Å². The van der Waals surface area contributed by atoms with Crippen LogP contribution in [0.3, 0.4) is 0 Å². The van der Waals surface area contributed by atoms with Gasteiger partial charge in [-0.25, -0.2) is 0 Å². The van der Waals surface area contributed by atoms with E-state index in [2.05, 4.69) is 10.3 Å². The Kier molecular flexibility index (Phi) is 5.31. The topological polar surface area (TPSA) is 45.2 Å². The Morgan fingerprint density at radius 3 is 2.62 bits per heavy atom. The summed E-state index contributed by atoms with van der Waals surface area (Å²) in [6, 6.07) is 13.0. The van der Waals surface area contributed by atoms with Gasteiger partial charge in [0.15, 0.2) is 0 Å². The van der Waals surface area contributed by atoms with E-state index in [0.29, 0.717) is 17.3 Å². The van der Waals surface area contributed by atoms with Crippen molar-refractivity contribution in [3.05, 3.63) is 64.9 Å². The maximum absolute atomic E-state index is 12.3. The van der Waals surface area contributed by atoms with Crippen molar-refractivity contribution >= 4 is 17.5 Å². The van der Waals surface area contributed by atoms with Crippen LogP contribution in [-0.2, 0) is 0 Å². The van der Waals surface area contributed by atoms with E-state index in [0.717, 1.165) is 5.56 Å². The molecule has 1 unspecified atom stereocenters. The van der Waals surface area contributed by atoms with Crippen LogP contribution >= 0.6 is 11.6 Å². The van der Waals surface area contributed by atoms with Crippen molar-refractivity contribution in [2.24, 2.45) is 0 Å². The minimum atomic E-state index is -0.229. The predicted octanol–water partition coefficient (Wildman–Crippen LogP) is 2.77. The van der Waals surface area contributed by atoms with Gasteiger partial charge in [-0.15, -0.1) is 0 Å². The molecule has 0 aliphatic rings. The lowest BCUT2D eigenvalue weighted by Gasteiger charge is -2.22. The molecule has 2 rings (SSSR count). The molecule has 0 aliphatic carbocycles. The molecule has 0 aliphatic heterocycles. The molecule has 0 saturated carbocycles. The summed E-state index contributed by atoms with van der Waals surface area (Å²) >= 11 is 5.90. The van der Waals surface area contributed by atoms with Gasteiger partial charge in [-0.05, 0) is 31.8 Å². The number of hydrogen-bond acceptors (Lipinski definition) is 3. The van der Waals surface area contributed by atoms with E-state index < -0.39 is 0 Å². The third-order valence-electron chi connectivity index (χ3n) is 3.01. The fraction of sp³-hybridized carbons (Fsp3) is 0.250. The molecular weight excluding hydrogens is 286 g/mol. The number of amides is 1. The van der Waals surface area contributed by atoms with Gasteiger partial charge in [0.25, 0.3) is 5.91 Å². The fourth-order valence-electron chi connectivity index (χ4n) is 2.05. The lowest BCUT2D eigenvalue weighted by molar-refractivity contribution is 0.0925. The third-order valence-corrected chi connectivity index (χ3v) is 3.24. The van der Waals surface area contributed by atoms with Gasteiger partial charge in [-0.2, -0.15) is 0 Å². The van der Waals surface area contributed by atoms with Gasteiger partial charge in [-0.3, -0.25) is 9.78 Å². The molecule has 0 fully saturated rings. The lowest BCUT2D eigenvalue weighted by atomic mass is 10.1. The second-order valence-electron chi connectivity index (χ2n) is 5.06. The Morgan fingerprint density at radius 2 is 2.00 bits per heavy atom. The summed E-state index contributed by atoms with van der Waals surface area (Å²) < 4.78 is 0. The smallest absolute Gasteiger partial charge is 0.270 e. The Labute approximate surface area is 129 Å². The maximum atomic E-state index is 12.3. The molecule has 21 heavy (non-hydrogen) atoms. The number of carbonyl (C=O) groups is 1. The summed E-state index contributed by atoms with van der Waals surface area (Å²) in [4.78, 5) is 18.4. The van der Waals surface area contributed by atoms with Crippen molar-refractivity contribution in [3.8, 4) is 0 Å². The first-order valence-electron chi connectivity index (χ1n) is 6.68. The molecule has 0 bridgehead atoms. The fourth-order valence-corrected chi connectivity index (χ4v) is 2.21. The molecule has 0 spiro atoms. The van der Waals surface area contributed by atoms with Gasteiger partial charge < -0.3 is 10.2 Å². The van der Waals surface area contributed by atoms with Crippen LogP contribution in [0.25, 0.3) is 0 Å². The maximum Gasteiger partial charge on any atom is 0.270 e. The highest BCUT2D eigenvalue weighted by Crippen LogP contribution is 2.15. The van der Waals surface area contributed by atoms with Crippen LogP contribution in [0.15, 0.2) is 48.7 Å². The number of benzene rings is 1. The molecule has 1 aromatic carbocycles. The van der Waals surface area contributed by atoms with E-state index in [4.69, 9.17) is 11.6 Å². The molecule has 0 saturated heterocycles. The highest BCUT2D eigenvalue weighted by atomic mass is 35.5. The summed E-state index contributed by atoms with van der Waals surface area (Å²) in [5, 5.41) is 3.51. The van der Waals surface area contributed by atoms with Gasteiger partial charge >= 0.3 is 0 Å². The minimum absolute atomic E-state index is 0.102. The van der Waals surface area contributed by atoms with E-state index in [-0.39, 0.29) is 11.9 Å². The molecule has 0 radical (unpaired) electrons. The molecule has 1 aromatic heterocycles. The minimum Gasteiger partial charge on any atom is -0.343 e. The predicted molar refractivity (Wildman–Crippen MR) is 84.5 cm³/mol. The zero-order chi connectivity index (χ0) is 15.2. The van der Waals surface area contributed by atoms with E-state index >= 15 is 0 Å². The van der Waals surface area contributed by atoms with Crippen LogP contribution in [-0.4, -0.2) is 36.4 Å². The van der Waals surface area contributed by atoms with Crippen molar-refractivity contribution in [2.75, 3.05) is 20.6 Å². The molecule has 1 atom stereocenters. The Balaban J connectivity index is 2.17. The number of rotatable bonds is 5. The average Bonchev–Trinajstić information content (AvgIpc) is 2.47. The standard InChI is InChI=1S/C16H18ClN3O/c1-20(2)11-15(12-6-4-3-5-7-12)19-16(21)14-10-13(17)8-9-18-14/h3-10,15H,11H2,1-2H3,(H,19,21). The highest BCUT2D eigenvalue weighted by Gasteiger charge is 2.17. The van der Waals surface area contributed by atoms with Crippen LogP contribution in [0.2, 0.25) is 5.02 Å². The molecular formula is C16H18ClN3O. The van der Waals surface area contributed by atoms with Crippen LogP contribution in [0, 0.1) is 0 Å². The van der Waals surface area contributed by atoms with Crippen molar-refractivity contribution in [1.29, 1.82) is 0 Å². The molecule has 1 amide bonds. The summed E-state index contributed by atoms with van der Waals surface area (Å²) in [6.45, 7) is 0.705. The molecule has 1 N–H and O–H groups in total. The van der Waals surface area contributed by atoms with Crippen molar-refractivity contribution in [1.82, 2.24) is 15.2 Å². The summed E-state index contributed by atoms with van der Waals surface area (Å²) in [6.07, 6.45) is 1.53. The molecule has 4 nitrogen and oxygen atoms in total. The largest absolute Gasteiger partial charge is 0.343 e. The van der Waals surface area contributed by atoms with Gasteiger partial charge in [0, 0.05) is 17.8 Å². The monoisotopic (exact) mass is 303 g/mol. The first-order chi connectivity index (χ1) is 10.1. The van der Waals surface area contributed by atoms with Gasteiger partial charge in [0.2, 0.25) is 0 Å². The number of aromatic nitrogens is 1. The zero-order valence-electron chi connectivity index (χ0n) is 12.1. The number of hydrogen-bond donors (Lipinski definition) is 1. The number of nitrogens with one attached hydrogen (secondary N) is 1. The van der Waals surface area contributed by atoms with Crippen molar-refractivity contribution < 1.29 is 4.79 Å². The van der Waals surface area contributed by atoms with Gasteiger partial charge in [0.05, 0.1) is 6.04 Å². The first-order valence-corrected chi connectivity index (χ1v) is 7.06. The quantitative estimate of drug-likeness (QED) is 0.924. The van der Waals surface area contributed by atoms with Crippen LogP contribution in [0.5, 0.6) is 0 Å². The molecule has 5 heteroatoms. The van der Waals surface area contributed by atoms with Crippen molar-refractivity contribution in [2.45, 2.75) is 6.04 Å². The summed E-state index contributed by atoms with van der Waals surface area (Å²) in [7, 11) is 3.94. The highest BCUT2D eigenvalue weighted by molar-refractivity contribution is 6.30. The van der Waals surface area contributed by atoms with Gasteiger partial charge in [0.1, 0.15) is 5.69 Å². The van der Waals surface area contributed by atoms with E-state index in [1.165, 1.54) is 6.20 Å². The lowest BCUT2D eigenvalue weighted by Crippen LogP contribution is -2.35. The number of halogens is 1. The molecule has 1 heterocycles. The second-order valence-corrected chi connectivity index (χ2v) is 5.49. The number of pyridine rings is 1. The first kappa shape index (κ1) is 15.5. The summed E-state index contributed by atoms with van der Waals surface area (Å²) in [5.41, 5.74) is 1.38. The zero-order valence-corrected chi connectivity index (χ0v) is 12.8. The van der Waals surface area contributed by atoms with E-state index in [1.807, 2.05) is 49.3 Å². The Bertz CT molecular complexity index is 601. The SMILES string of the molecule is CN(C)CC(NC(=O)c1cc(Cl)ccn1)c1ccccc1. The van der Waals surface area contributed by atoms with E-state index in [9.17, 15) is 4.79 Å². The Morgan fingerprint density at radius 1 is 1.29 bits per heavy atom. The summed E-state index contributed by atoms with van der Waals surface area (Å²) in [5.74, 6) is -0.229. The average molecular weight is 304 g/mol. The number of carbonyl (C=O) groups excluding carboxylic acids is 1. The second kappa shape index (κ2) is 7.20. The van der Waals surface area contributed by atoms with Crippen LogP contribution in [0.1, 0.15) is 22.1 Å². The Hall–Kier alpha value is -1.91. The molecule has 2 aromatic rings. The number of likely N-dealkylation sites (N-methyl/N-ethyl adjacent to an activating group) is 1. The van der Waals surface area contributed by atoms with Crippen LogP contribution in [0.4, 0.5) is 0 Å². The van der Waals surface area contributed by atoms with Crippen molar-refractivity contribution in [3.63, 3.8) is 0 Å². The normalized spacial score (nSPS) is 12.2. The van der Waals surface area contributed by atoms with Crippen LogP contribution < -0.4 is 5.32 Å². The third kappa shape index (κ3) is 4.55.